The third-order valence-electron chi connectivity index (χ3n) is 3.54. The largest absolute Gasteiger partial charge is 0.477 e. The van der Waals surface area contributed by atoms with Crippen molar-refractivity contribution in [3.63, 3.8) is 0 Å². The number of nitrogens with one attached hydrogen (secondary N) is 2. The van der Waals surface area contributed by atoms with Gasteiger partial charge in [0.2, 0.25) is 5.91 Å². The van der Waals surface area contributed by atoms with Crippen LogP contribution in [0.15, 0.2) is 42.5 Å². The molecule has 0 unspecified atom stereocenters. The van der Waals surface area contributed by atoms with Gasteiger partial charge in [-0.1, -0.05) is 25.1 Å². The molecule has 2 N–H and O–H groups in total. The highest BCUT2D eigenvalue weighted by atomic mass is 16.6. The van der Waals surface area contributed by atoms with Gasteiger partial charge in [0.25, 0.3) is 5.91 Å². The molecule has 0 spiro atoms. The number of benzene rings is 2. The van der Waals surface area contributed by atoms with Crippen LogP contribution in [-0.4, -0.2) is 23.3 Å². The molecular formula is C18H19N3O5. The number of ether oxygens (including phenoxy) is 1. The molecule has 0 atom stereocenters. The first-order valence-corrected chi connectivity index (χ1v) is 7.97. The summed E-state index contributed by atoms with van der Waals surface area (Å²) >= 11 is 0. The summed E-state index contributed by atoms with van der Waals surface area (Å²) in [6, 6.07) is 10.9. The summed E-state index contributed by atoms with van der Waals surface area (Å²) in [6.07, 6.45) is 0.347. The maximum absolute atomic E-state index is 12.0. The number of nitrogens with zero attached hydrogens (tertiary/aromatic N) is 1. The Labute approximate surface area is 150 Å². The fourth-order valence-electron chi connectivity index (χ4n) is 2.14. The molecule has 0 aliphatic carbocycles. The number of anilines is 2. The van der Waals surface area contributed by atoms with Crippen molar-refractivity contribution < 1.29 is 19.2 Å². The second-order valence-electron chi connectivity index (χ2n) is 5.49. The van der Waals surface area contributed by atoms with Crippen LogP contribution in [0.1, 0.15) is 18.9 Å². The average molecular weight is 357 g/mol. The highest BCUT2D eigenvalue weighted by molar-refractivity contribution is 5.95. The summed E-state index contributed by atoms with van der Waals surface area (Å²) in [5.41, 5.74) is 1.74. The van der Waals surface area contributed by atoms with Crippen molar-refractivity contribution in [2.75, 3.05) is 17.2 Å². The molecule has 8 nitrogen and oxygen atoms in total. The van der Waals surface area contributed by atoms with E-state index in [0.29, 0.717) is 17.8 Å². The first-order valence-electron chi connectivity index (χ1n) is 7.97. The Morgan fingerprint density at radius 3 is 2.54 bits per heavy atom. The Hall–Kier alpha value is -3.42. The van der Waals surface area contributed by atoms with Gasteiger partial charge in [0.1, 0.15) is 0 Å². The Bertz CT molecular complexity index is 835. The smallest absolute Gasteiger partial charge is 0.310 e. The molecule has 2 aromatic carbocycles. The van der Waals surface area contributed by atoms with E-state index >= 15 is 0 Å². The Morgan fingerprint density at radius 1 is 1.12 bits per heavy atom. The van der Waals surface area contributed by atoms with Crippen molar-refractivity contribution in [1.29, 1.82) is 0 Å². The monoisotopic (exact) mass is 357 g/mol. The van der Waals surface area contributed by atoms with Gasteiger partial charge < -0.3 is 15.4 Å². The molecular weight excluding hydrogens is 338 g/mol. The summed E-state index contributed by atoms with van der Waals surface area (Å²) in [4.78, 5) is 33.9. The summed E-state index contributed by atoms with van der Waals surface area (Å²) in [7, 11) is 0. The predicted octanol–water partition coefficient (Wildman–Crippen LogP) is 3.27. The second-order valence-corrected chi connectivity index (χ2v) is 5.49. The van der Waals surface area contributed by atoms with E-state index in [2.05, 4.69) is 10.6 Å². The lowest BCUT2D eigenvalue weighted by molar-refractivity contribution is -0.385. The topological polar surface area (TPSA) is 111 Å². The van der Waals surface area contributed by atoms with Crippen molar-refractivity contribution in [1.82, 2.24) is 0 Å². The van der Waals surface area contributed by atoms with Crippen molar-refractivity contribution in [3.05, 3.63) is 58.1 Å². The highest BCUT2D eigenvalue weighted by Crippen LogP contribution is 2.26. The van der Waals surface area contributed by atoms with Crippen LogP contribution in [0, 0.1) is 17.0 Å². The van der Waals surface area contributed by atoms with E-state index in [1.165, 1.54) is 18.2 Å². The number of nitro groups is 1. The maximum Gasteiger partial charge on any atom is 0.310 e. The molecule has 0 fully saturated rings. The molecule has 136 valence electrons. The van der Waals surface area contributed by atoms with E-state index in [1.54, 1.807) is 31.2 Å². The third-order valence-corrected chi connectivity index (χ3v) is 3.54. The van der Waals surface area contributed by atoms with E-state index in [0.717, 1.165) is 5.56 Å². The number of carbonyl (C=O) groups is 2. The number of carbonyl (C=O) groups excluding carboxylic acids is 2. The summed E-state index contributed by atoms with van der Waals surface area (Å²) in [6.45, 7) is 3.21. The van der Waals surface area contributed by atoms with E-state index < -0.39 is 10.8 Å². The molecule has 2 aromatic rings. The van der Waals surface area contributed by atoms with Gasteiger partial charge in [-0.2, -0.15) is 0 Å². The molecule has 0 saturated heterocycles. The molecule has 2 amide bonds. The molecule has 26 heavy (non-hydrogen) atoms. The lowest BCUT2D eigenvalue weighted by Crippen LogP contribution is -2.20. The zero-order chi connectivity index (χ0) is 19.1. The molecule has 2 rings (SSSR count). The molecule has 0 aliphatic heterocycles. The average Bonchev–Trinajstić information content (AvgIpc) is 2.62. The van der Waals surface area contributed by atoms with Gasteiger partial charge in [0.15, 0.2) is 12.4 Å². The van der Waals surface area contributed by atoms with Gasteiger partial charge >= 0.3 is 5.69 Å². The third kappa shape index (κ3) is 5.04. The number of hydrogen-bond acceptors (Lipinski definition) is 5. The van der Waals surface area contributed by atoms with E-state index in [9.17, 15) is 19.7 Å². The number of para-hydroxylation sites is 2. The molecule has 0 saturated carbocycles. The van der Waals surface area contributed by atoms with Gasteiger partial charge in [-0.3, -0.25) is 19.7 Å². The lowest BCUT2D eigenvalue weighted by atomic mass is 10.1. The zero-order valence-corrected chi connectivity index (χ0v) is 14.4. The normalized spacial score (nSPS) is 10.1. The van der Waals surface area contributed by atoms with Gasteiger partial charge in [0.05, 0.1) is 4.92 Å². The standard InChI is InChI=1S/C18H19N3O5/c1-3-17(22)20-14-10-13(9-8-12(14)2)19-18(23)11-26-16-7-5-4-6-15(16)21(24)25/h4-10H,3,11H2,1-2H3,(H,19,23)(H,20,22). The van der Waals surface area contributed by atoms with Crippen LogP contribution in [0.25, 0.3) is 0 Å². The van der Waals surface area contributed by atoms with Gasteiger partial charge in [0, 0.05) is 23.9 Å². The highest BCUT2D eigenvalue weighted by Gasteiger charge is 2.15. The number of amides is 2. The fraction of sp³-hybridized carbons (Fsp3) is 0.222. The maximum atomic E-state index is 12.0. The van der Waals surface area contributed by atoms with Crippen LogP contribution >= 0.6 is 0 Å². The number of nitro benzene ring substituents is 1. The minimum absolute atomic E-state index is 0.0208. The van der Waals surface area contributed by atoms with Gasteiger partial charge in [-0.05, 0) is 30.7 Å². The Morgan fingerprint density at radius 2 is 1.85 bits per heavy atom. The molecule has 0 radical (unpaired) electrons. The summed E-state index contributed by atoms with van der Waals surface area (Å²) in [5.74, 6) is -0.580. The molecule has 0 aromatic heterocycles. The number of aryl methyl sites for hydroxylation is 1. The molecule has 8 heteroatoms. The first-order chi connectivity index (χ1) is 12.4. The van der Waals surface area contributed by atoms with Crippen molar-refractivity contribution in [2.24, 2.45) is 0 Å². The van der Waals surface area contributed by atoms with E-state index in [4.69, 9.17) is 4.74 Å². The van der Waals surface area contributed by atoms with Crippen LogP contribution in [0.2, 0.25) is 0 Å². The molecule has 0 heterocycles. The van der Waals surface area contributed by atoms with E-state index in [1.807, 2.05) is 6.92 Å². The summed E-state index contributed by atoms with van der Waals surface area (Å²) in [5, 5.41) is 16.3. The van der Waals surface area contributed by atoms with Crippen LogP contribution < -0.4 is 15.4 Å². The van der Waals surface area contributed by atoms with Gasteiger partial charge in [-0.15, -0.1) is 0 Å². The van der Waals surface area contributed by atoms with Crippen LogP contribution in [0.4, 0.5) is 17.1 Å². The Kier molecular flexibility index (Phi) is 6.26. The van der Waals surface area contributed by atoms with Crippen LogP contribution in [0.5, 0.6) is 5.75 Å². The zero-order valence-electron chi connectivity index (χ0n) is 14.4. The number of hydrogen-bond donors (Lipinski definition) is 2. The van der Waals surface area contributed by atoms with Crippen molar-refractivity contribution in [2.45, 2.75) is 20.3 Å². The van der Waals surface area contributed by atoms with Crippen LogP contribution in [0.3, 0.4) is 0 Å². The quantitative estimate of drug-likeness (QED) is 0.583. The predicted molar refractivity (Wildman–Crippen MR) is 97.3 cm³/mol. The molecule has 0 aliphatic rings. The second kappa shape index (κ2) is 8.61. The lowest BCUT2D eigenvalue weighted by Gasteiger charge is -2.11. The van der Waals surface area contributed by atoms with Crippen molar-refractivity contribution >= 4 is 28.9 Å². The van der Waals surface area contributed by atoms with E-state index in [-0.39, 0.29) is 24.0 Å². The SMILES string of the molecule is CCC(=O)Nc1cc(NC(=O)COc2ccccc2[N+](=O)[O-])ccc1C. The summed E-state index contributed by atoms with van der Waals surface area (Å²) < 4.78 is 5.24. The minimum Gasteiger partial charge on any atom is -0.477 e. The van der Waals surface area contributed by atoms with Crippen molar-refractivity contribution in [3.8, 4) is 5.75 Å². The minimum atomic E-state index is -0.574. The van der Waals surface area contributed by atoms with Crippen LogP contribution in [-0.2, 0) is 9.59 Å². The fourth-order valence-corrected chi connectivity index (χ4v) is 2.14. The number of rotatable bonds is 7. The van der Waals surface area contributed by atoms with Gasteiger partial charge in [-0.25, -0.2) is 0 Å². The molecule has 0 bridgehead atoms. The Balaban J connectivity index is 2.01. The first kappa shape index (κ1) is 18.9.